The number of carbonyl (C=O) groups is 2. The Balaban J connectivity index is 1.44. The van der Waals surface area contributed by atoms with Crippen molar-refractivity contribution in [3.8, 4) is 17.0 Å². The first-order valence-corrected chi connectivity index (χ1v) is 10.5. The van der Waals surface area contributed by atoms with E-state index in [1.54, 1.807) is 54.5 Å². The lowest BCUT2D eigenvalue weighted by Gasteiger charge is -2.23. The second kappa shape index (κ2) is 8.58. The van der Waals surface area contributed by atoms with Crippen LogP contribution in [0.3, 0.4) is 0 Å². The quantitative estimate of drug-likeness (QED) is 0.490. The molecular weight excluding hydrogens is 418 g/mol. The zero-order valence-corrected chi connectivity index (χ0v) is 17.9. The Bertz CT molecular complexity index is 1320. The minimum Gasteiger partial charge on any atom is -0.479 e. The van der Waals surface area contributed by atoms with Gasteiger partial charge in [-0.05, 0) is 42.8 Å². The van der Waals surface area contributed by atoms with Crippen LogP contribution in [0, 0.1) is 0 Å². The molecule has 0 fully saturated rings. The molecule has 8 nitrogen and oxygen atoms in total. The number of hydrogen-bond donors (Lipinski definition) is 2. The number of carbonyl (C=O) groups excluding carboxylic acids is 2. The third kappa shape index (κ3) is 4.31. The Labute approximate surface area is 190 Å². The molecule has 1 aliphatic heterocycles. The predicted octanol–water partition coefficient (Wildman–Crippen LogP) is 3.97. The molecule has 0 saturated carbocycles. The van der Waals surface area contributed by atoms with Gasteiger partial charge in [-0.2, -0.15) is 5.10 Å². The number of nitrogens with one attached hydrogen (secondary N) is 2. The summed E-state index contributed by atoms with van der Waals surface area (Å²) in [5.74, 6) is 0.0170. The van der Waals surface area contributed by atoms with Crippen molar-refractivity contribution in [2.24, 2.45) is 0 Å². The van der Waals surface area contributed by atoms with Gasteiger partial charge in [0, 0.05) is 29.8 Å². The zero-order valence-electron chi connectivity index (χ0n) is 17.9. The number of nitrogens with zero attached hydrogens (tertiary/aromatic N) is 3. The van der Waals surface area contributed by atoms with Crippen molar-refractivity contribution >= 4 is 23.2 Å². The van der Waals surface area contributed by atoms with Crippen molar-refractivity contribution in [3.05, 3.63) is 90.4 Å². The van der Waals surface area contributed by atoms with Crippen LogP contribution in [-0.4, -0.2) is 32.7 Å². The van der Waals surface area contributed by atoms with Crippen LogP contribution in [0.5, 0.6) is 5.75 Å². The van der Waals surface area contributed by atoms with Crippen LogP contribution in [-0.2, 0) is 11.3 Å². The Hall–Kier alpha value is -4.46. The lowest BCUT2D eigenvalue weighted by Crippen LogP contribution is -2.34. The van der Waals surface area contributed by atoms with E-state index >= 15 is 0 Å². The van der Waals surface area contributed by atoms with Gasteiger partial charge >= 0.3 is 0 Å². The van der Waals surface area contributed by atoms with Gasteiger partial charge in [-0.3, -0.25) is 19.3 Å². The molecule has 2 amide bonds. The Morgan fingerprint density at radius 3 is 2.79 bits per heavy atom. The molecule has 33 heavy (non-hydrogen) atoms. The molecule has 5 rings (SSSR count). The fourth-order valence-electron chi connectivity index (χ4n) is 3.64. The highest BCUT2D eigenvalue weighted by Gasteiger charge is 2.24. The Kier molecular flexibility index (Phi) is 5.32. The second-order valence-electron chi connectivity index (χ2n) is 7.73. The molecule has 0 bridgehead atoms. The number of amides is 2. The minimum absolute atomic E-state index is 0.230. The largest absolute Gasteiger partial charge is 0.479 e. The molecule has 8 heteroatoms. The molecule has 0 aliphatic carbocycles. The van der Waals surface area contributed by atoms with E-state index in [2.05, 4.69) is 20.7 Å². The molecule has 3 heterocycles. The molecular formula is C25H21N5O3. The van der Waals surface area contributed by atoms with Crippen LogP contribution < -0.4 is 15.4 Å². The summed E-state index contributed by atoms with van der Waals surface area (Å²) < 4.78 is 7.33. The second-order valence-corrected chi connectivity index (χ2v) is 7.73. The number of benzene rings is 2. The topological polar surface area (TPSA) is 98.1 Å². The lowest BCUT2D eigenvalue weighted by molar-refractivity contribution is -0.122. The summed E-state index contributed by atoms with van der Waals surface area (Å²) in [5, 5.41) is 10.4. The number of fused-ring (bicyclic) bond motifs is 1. The SMILES string of the molecule is C[C@H]1Oc2ccc(NC(=O)c3cn(Cc4ccccc4)nc3-c3cccnc3)cc2NC1=O. The van der Waals surface area contributed by atoms with Crippen LogP contribution in [0.25, 0.3) is 11.3 Å². The molecule has 0 unspecified atom stereocenters. The average molecular weight is 439 g/mol. The van der Waals surface area contributed by atoms with Crippen LogP contribution in [0.4, 0.5) is 11.4 Å². The van der Waals surface area contributed by atoms with Crippen LogP contribution in [0.1, 0.15) is 22.8 Å². The summed E-state index contributed by atoms with van der Waals surface area (Å²) in [4.78, 5) is 29.3. The Morgan fingerprint density at radius 2 is 2.00 bits per heavy atom. The summed E-state index contributed by atoms with van der Waals surface area (Å²) in [5.41, 5.74) is 3.83. The third-order valence-electron chi connectivity index (χ3n) is 5.30. The van der Waals surface area contributed by atoms with Gasteiger partial charge in [0.1, 0.15) is 11.4 Å². The fourth-order valence-corrected chi connectivity index (χ4v) is 3.64. The van der Waals surface area contributed by atoms with Crippen molar-refractivity contribution in [2.45, 2.75) is 19.6 Å². The normalized spacial score (nSPS) is 14.7. The van der Waals surface area contributed by atoms with E-state index in [0.29, 0.717) is 34.9 Å². The van der Waals surface area contributed by atoms with Gasteiger partial charge in [0.15, 0.2) is 6.10 Å². The number of ether oxygens (including phenoxy) is 1. The fraction of sp³-hybridized carbons (Fsp3) is 0.120. The molecule has 1 aliphatic rings. The summed E-state index contributed by atoms with van der Waals surface area (Å²) in [6.45, 7) is 2.21. The number of pyridine rings is 1. The van der Waals surface area contributed by atoms with Crippen molar-refractivity contribution in [2.75, 3.05) is 10.6 Å². The highest BCUT2D eigenvalue weighted by atomic mass is 16.5. The van der Waals surface area contributed by atoms with Crippen molar-refractivity contribution < 1.29 is 14.3 Å². The predicted molar refractivity (Wildman–Crippen MR) is 124 cm³/mol. The summed E-state index contributed by atoms with van der Waals surface area (Å²) in [7, 11) is 0. The highest BCUT2D eigenvalue weighted by molar-refractivity contribution is 6.08. The molecule has 164 valence electrons. The summed E-state index contributed by atoms with van der Waals surface area (Å²) in [6, 6.07) is 18.7. The molecule has 2 aromatic heterocycles. The monoisotopic (exact) mass is 439 g/mol. The van der Waals surface area contributed by atoms with E-state index < -0.39 is 6.10 Å². The number of hydrogen-bond acceptors (Lipinski definition) is 5. The van der Waals surface area contributed by atoms with Crippen molar-refractivity contribution in [1.82, 2.24) is 14.8 Å². The van der Waals surface area contributed by atoms with Gasteiger partial charge in [0.05, 0.1) is 17.8 Å². The number of anilines is 2. The maximum atomic E-state index is 13.3. The van der Waals surface area contributed by atoms with E-state index in [1.807, 2.05) is 36.4 Å². The van der Waals surface area contributed by atoms with Crippen molar-refractivity contribution in [1.29, 1.82) is 0 Å². The molecule has 0 radical (unpaired) electrons. The Morgan fingerprint density at radius 1 is 1.15 bits per heavy atom. The zero-order chi connectivity index (χ0) is 22.8. The third-order valence-corrected chi connectivity index (χ3v) is 5.30. The van der Waals surface area contributed by atoms with Crippen LogP contribution >= 0.6 is 0 Å². The van der Waals surface area contributed by atoms with Gasteiger partial charge in [-0.1, -0.05) is 30.3 Å². The van der Waals surface area contributed by atoms with Crippen LogP contribution in [0.2, 0.25) is 0 Å². The average Bonchev–Trinajstić information content (AvgIpc) is 3.25. The van der Waals surface area contributed by atoms with Gasteiger partial charge in [-0.25, -0.2) is 0 Å². The molecule has 0 saturated heterocycles. The van der Waals surface area contributed by atoms with Gasteiger partial charge < -0.3 is 15.4 Å². The van der Waals surface area contributed by atoms with Gasteiger partial charge in [0.25, 0.3) is 11.8 Å². The highest BCUT2D eigenvalue weighted by Crippen LogP contribution is 2.32. The smallest absolute Gasteiger partial charge is 0.265 e. The maximum absolute atomic E-state index is 13.3. The molecule has 4 aromatic rings. The molecule has 2 N–H and O–H groups in total. The maximum Gasteiger partial charge on any atom is 0.265 e. The first-order valence-electron chi connectivity index (χ1n) is 10.5. The molecule has 0 spiro atoms. The van der Waals surface area contributed by atoms with E-state index in [4.69, 9.17) is 4.74 Å². The van der Waals surface area contributed by atoms with E-state index in [1.165, 1.54) is 0 Å². The minimum atomic E-state index is -0.560. The van der Waals surface area contributed by atoms with E-state index in [-0.39, 0.29) is 11.8 Å². The standard InChI is InChI=1S/C25H21N5O3/c1-16-24(31)28-21-12-19(9-10-22(21)33-16)27-25(32)20-15-30(14-17-6-3-2-4-7-17)29-23(20)18-8-5-11-26-13-18/h2-13,15-16H,14H2,1H3,(H,27,32)(H,28,31)/t16-/m1/s1. The first-order chi connectivity index (χ1) is 16.1. The summed E-state index contributed by atoms with van der Waals surface area (Å²) >= 11 is 0. The van der Waals surface area contributed by atoms with E-state index in [9.17, 15) is 9.59 Å². The molecule has 2 aromatic carbocycles. The van der Waals surface area contributed by atoms with E-state index in [0.717, 1.165) is 11.1 Å². The lowest BCUT2D eigenvalue weighted by atomic mass is 10.1. The van der Waals surface area contributed by atoms with Gasteiger partial charge in [0.2, 0.25) is 0 Å². The summed E-state index contributed by atoms with van der Waals surface area (Å²) in [6.07, 6.45) is 4.53. The van der Waals surface area contributed by atoms with Crippen LogP contribution in [0.15, 0.2) is 79.3 Å². The van der Waals surface area contributed by atoms with Gasteiger partial charge in [-0.15, -0.1) is 0 Å². The number of rotatable bonds is 5. The molecule has 1 atom stereocenters. The number of aromatic nitrogens is 3. The first kappa shape index (κ1) is 20.4. The van der Waals surface area contributed by atoms with Crippen molar-refractivity contribution in [3.63, 3.8) is 0 Å².